The van der Waals surface area contributed by atoms with Gasteiger partial charge in [-0.3, -0.25) is 14.6 Å². The van der Waals surface area contributed by atoms with E-state index in [1.807, 2.05) is 12.2 Å². The first-order chi connectivity index (χ1) is 18.3. The summed E-state index contributed by atoms with van der Waals surface area (Å²) < 4.78 is 42.2. The number of nitrogens with two attached hydrogens (primary N) is 1. The molecule has 9 heteroatoms. The van der Waals surface area contributed by atoms with Gasteiger partial charge in [0, 0.05) is 17.8 Å². The maximum absolute atomic E-state index is 14.2. The molecule has 196 valence electrons. The fraction of sp³-hybridized carbons (Fsp3) is 0.207. The zero-order chi connectivity index (χ0) is 27.2. The minimum atomic E-state index is -0.949. The van der Waals surface area contributed by atoms with E-state index in [0.717, 1.165) is 36.3 Å². The molecule has 1 aliphatic rings. The van der Waals surface area contributed by atoms with Gasteiger partial charge >= 0.3 is 0 Å². The summed E-state index contributed by atoms with van der Waals surface area (Å²) in [6.07, 6.45) is 8.36. The molecule has 0 bridgehead atoms. The highest BCUT2D eigenvalue weighted by molar-refractivity contribution is 5.94. The molecule has 38 heavy (non-hydrogen) atoms. The molecule has 4 N–H and O–H groups in total. The van der Waals surface area contributed by atoms with Gasteiger partial charge in [-0.2, -0.15) is 0 Å². The summed E-state index contributed by atoms with van der Waals surface area (Å²) in [6.45, 7) is -0.429. The summed E-state index contributed by atoms with van der Waals surface area (Å²) in [6, 6.07) is 9.30. The van der Waals surface area contributed by atoms with Crippen molar-refractivity contribution in [3.05, 3.63) is 113 Å². The van der Waals surface area contributed by atoms with Crippen LogP contribution < -0.4 is 11.1 Å². The Morgan fingerprint density at radius 1 is 1.08 bits per heavy atom. The van der Waals surface area contributed by atoms with Crippen molar-refractivity contribution in [3.8, 4) is 11.1 Å². The summed E-state index contributed by atoms with van der Waals surface area (Å²) >= 11 is 0. The topological polar surface area (TPSA) is 105 Å². The Hall–Kier alpha value is -4.24. The van der Waals surface area contributed by atoms with Crippen LogP contribution in [0.1, 0.15) is 40.5 Å². The molecule has 0 aliphatic heterocycles. The number of carbonyl (C=O) groups is 2. The highest BCUT2D eigenvalue weighted by Gasteiger charge is 2.28. The van der Waals surface area contributed by atoms with E-state index in [2.05, 4.69) is 10.3 Å². The number of halogens is 3. The molecule has 1 aromatic heterocycles. The molecular formula is C29H26F3N3O3. The number of pyridine rings is 1. The van der Waals surface area contributed by atoms with E-state index >= 15 is 0 Å². The van der Waals surface area contributed by atoms with Crippen LogP contribution in [0, 0.1) is 23.4 Å². The van der Waals surface area contributed by atoms with E-state index in [4.69, 9.17) is 5.73 Å². The number of rotatable bonds is 9. The number of aromatic nitrogens is 1. The molecule has 2 amide bonds. The SMILES string of the molecule is NC(=O)c1cc(-c2cccnc2C(Cc2cc(F)cc(F)c2)NC(=O)C(CO)C2=CC=CCC2)ccc1F. The van der Waals surface area contributed by atoms with Gasteiger partial charge in [-0.25, -0.2) is 13.2 Å². The van der Waals surface area contributed by atoms with Crippen molar-refractivity contribution in [2.75, 3.05) is 6.61 Å². The van der Waals surface area contributed by atoms with Gasteiger partial charge in [0.05, 0.1) is 29.8 Å². The van der Waals surface area contributed by atoms with Crippen LogP contribution in [-0.4, -0.2) is 28.5 Å². The average Bonchev–Trinajstić information content (AvgIpc) is 2.89. The Balaban J connectivity index is 1.77. The fourth-order valence-electron chi connectivity index (χ4n) is 4.55. The zero-order valence-electron chi connectivity index (χ0n) is 20.3. The summed E-state index contributed by atoms with van der Waals surface area (Å²) in [5, 5.41) is 12.9. The van der Waals surface area contributed by atoms with Crippen LogP contribution in [0.2, 0.25) is 0 Å². The first-order valence-electron chi connectivity index (χ1n) is 12.0. The fourth-order valence-corrected chi connectivity index (χ4v) is 4.55. The van der Waals surface area contributed by atoms with Crippen LogP contribution in [0.4, 0.5) is 13.2 Å². The number of nitrogens with one attached hydrogen (secondary N) is 1. The van der Waals surface area contributed by atoms with Crippen LogP contribution >= 0.6 is 0 Å². The van der Waals surface area contributed by atoms with Crippen LogP contribution in [0.15, 0.2) is 78.5 Å². The average molecular weight is 522 g/mol. The molecule has 0 saturated carbocycles. The highest BCUT2D eigenvalue weighted by Crippen LogP contribution is 2.31. The van der Waals surface area contributed by atoms with Crippen molar-refractivity contribution in [3.63, 3.8) is 0 Å². The lowest BCUT2D eigenvalue weighted by molar-refractivity contribution is -0.125. The predicted molar refractivity (Wildman–Crippen MR) is 136 cm³/mol. The van der Waals surface area contributed by atoms with Gasteiger partial charge < -0.3 is 16.2 Å². The third-order valence-electron chi connectivity index (χ3n) is 6.38. The molecule has 0 spiro atoms. The number of hydrogen-bond donors (Lipinski definition) is 3. The third-order valence-corrected chi connectivity index (χ3v) is 6.38. The lowest BCUT2D eigenvalue weighted by atomic mass is 9.90. The molecule has 2 aromatic carbocycles. The van der Waals surface area contributed by atoms with Gasteiger partial charge in [-0.1, -0.05) is 35.9 Å². The third kappa shape index (κ3) is 6.18. The first-order valence-corrected chi connectivity index (χ1v) is 12.0. The van der Waals surface area contributed by atoms with Crippen LogP contribution in [0.3, 0.4) is 0 Å². The lowest BCUT2D eigenvalue weighted by Gasteiger charge is -2.25. The van der Waals surface area contributed by atoms with Gasteiger partial charge in [0.1, 0.15) is 17.5 Å². The van der Waals surface area contributed by atoms with Gasteiger partial charge in [-0.05, 0) is 60.7 Å². The molecule has 2 unspecified atom stereocenters. The summed E-state index contributed by atoms with van der Waals surface area (Å²) in [7, 11) is 0. The maximum Gasteiger partial charge on any atom is 0.251 e. The van der Waals surface area contributed by atoms with E-state index in [0.29, 0.717) is 23.2 Å². The Bertz CT molecular complexity index is 1400. The zero-order valence-corrected chi connectivity index (χ0v) is 20.3. The number of amides is 2. The minimum absolute atomic E-state index is 0.0363. The van der Waals surface area contributed by atoms with E-state index in [9.17, 15) is 27.9 Å². The Labute approximate surface area is 217 Å². The Kier molecular flexibility index (Phi) is 8.38. The molecule has 0 saturated heterocycles. The van der Waals surface area contributed by atoms with Crippen LogP contribution in [0.25, 0.3) is 11.1 Å². The second-order valence-electron chi connectivity index (χ2n) is 8.98. The van der Waals surface area contributed by atoms with E-state index < -0.39 is 47.8 Å². The maximum atomic E-state index is 14.2. The summed E-state index contributed by atoms with van der Waals surface area (Å²) in [5.41, 5.74) is 7.21. The molecule has 1 heterocycles. The largest absolute Gasteiger partial charge is 0.395 e. The Morgan fingerprint density at radius 2 is 1.84 bits per heavy atom. The first kappa shape index (κ1) is 26.8. The number of allylic oxidation sites excluding steroid dienone is 3. The second kappa shape index (κ2) is 11.9. The van der Waals surface area contributed by atoms with Crippen molar-refractivity contribution < 1.29 is 27.9 Å². The van der Waals surface area contributed by atoms with E-state index in [-0.39, 0.29) is 17.5 Å². The lowest BCUT2D eigenvalue weighted by Crippen LogP contribution is -2.38. The normalized spacial score (nSPS) is 14.5. The number of hydrogen-bond acceptors (Lipinski definition) is 4. The molecule has 0 radical (unpaired) electrons. The Morgan fingerprint density at radius 3 is 2.50 bits per heavy atom. The molecule has 0 fully saturated rings. The number of primary amides is 1. The van der Waals surface area contributed by atoms with Crippen molar-refractivity contribution in [2.24, 2.45) is 11.7 Å². The van der Waals surface area contributed by atoms with Gasteiger partial charge in [0.25, 0.3) is 5.91 Å². The smallest absolute Gasteiger partial charge is 0.251 e. The molecule has 2 atom stereocenters. The molecule has 1 aliphatic carbocycles. The monoisotopic (exact) mass is 521 g/mol. The van der Waals surface area contributed by atoms with Gasteiger partial charge in [-0.15, -0.1) is 0 Å². The van der Waals surface area contributed by atoms with Crippen molar-refractivity contribution in [1.82, 2.24) is 10.3 Å². The van der Waals surface area contributed by atoms with E-state index in [1.54, 1.807) is 18.2 Å². The molecule has 3 aromatic rings. The highest BCUT2D eigenvalue weighted by atomic mass is 19.1. The summed E-state index contributed by atoms with van der Waals surface area (Å²) in [4.78, 5) is 29.6. The van der Waals surface area contributed by atoms with Crippen LogP contribution in [0.5, 0.6) is 0 Å². The number of aliphatic hydroxyl groups is 1. The van der Waals surface area contributed by atoms with Crippen molar-refractivity contribution >= 4 is 11.8 Å². The molecule has 6 nitrogen and oxygen atoms in total. The minimum Gasteiger partial charge on any atom is -0.395 e. The summed E-state index contributed by atoms with van der Waals surface area (Å²) in [5.74, 6) is -4.59. The van der Waals surface area contributed by atoms with Crippen molar-refractivity contribution in [2.45, 2.75) is 25.3 Å². The number of aliphatic hydroxyl groups excluding tert-OH is 1. The standard InChI is InChI=1S/C29H26F3N3O3/c30-20-11-17(12-21(31)15-20)13-26(35-29(38)24(16-36)18-5-2-1-3-6-18)27-22(7-4-10-34-27)19-8-9-25(32)23(14-19)28(33)37/h1-2,4-5,7-12,14-15,24,26,36H,3,6,13,16H2,(H2,33,37)(H,35,38). The van der Waals surface area contributed by atoms with Crippen LogP contribution in [-0.2, 0) is 11.2 Å². The quantitative estimate of drug-likeness (QED) is 0.384. The number of benzene rings is 2. The van der Waals surface area contributed by atoms with E-state index in [1.165, 1.54) is 18.3 Å². The molecular weight excluding hydrogens is 495 g/mol. The molecule has 4 rings (SSSR count). The van der Waals surface area contributed by atoms with Gasteiger partial charge in [0.15, 0.2) is 0 Å². The number of nitrogens with zero attached hydrogens (tertiary/aromatic N) is 1. The van der Waals surface area contributed by atoms with Crippen molar-refractivity contribution in [1.29, 1.82) is 0 Å². The second-order valence-corrected chi connectivity index (χ2v) is 8.98. The number of carbonyl (C=O) groups excluding carboxylic acids is 2. The van der Waals surface area contributed by atoms with Gasteiger partial charge in [0.2, 0.25) is 5.91 Å². The predicted octanol–water partition coefficient (Wildman–Crippen LogP) is 4.55.